The Morgan fingerprint density at radius 3 is 2.34 bits per heavy atom. The first kappa shape index (κ1) is 38.2. The molecular formula is C33H48ClN3O7. The largest absolute Gasteiger partial charge is 0.490 e. The van der Waals surface area contributed by atoms with Gasteiger partial charge in [0.1, 0.15) is 18.2 Å². The molecule has 0 aliphatic carbocycles. The number of allylic oxidation sites excluding steroid dienone is 5. The van der Waals surface area contributed by atoms with Crippen LogP contribution in [0.15, 0.2) is 71.2 Å². The van der Waals surface area contributed by atoms with E-state index in [0.29, 0.717) is 24.3 Å². The number of rotatable bonds is 16. The van der Waals surface area contributed by atoms with Crippen LogP contribution < -0.4 is 16.0 Å². The minimum atomic E-state index is -0.764. The second-order valence-corrected chi connectivity index (χ2v) is 11.8. The molecule has 0 radical (unpaired) electrons. The monoisotopic (exact) mass is 633 g/mol. The first-order valence-electron chi connectivity index (χ1n) is 14.8. The third kappa shape index (κ3) is 15.6. The van der Waals surface area contributed by atoms with Gasteiger partial charge in [-0.3, -0.25) is 9.59 Å². The van der Waals surface area contributed by atoms with Crippen LogP contribution in [0, 0.1) is 11.8 Å². The first-order chi connectivity index (χ1) is 20.7. The second-order valence-electron chi connectivity index (χ2n) is 11.2. The van der Waals surface area contributed by atoms with Crippen LogP contribution >= 0.6 is 11.6 Å². The maximum absolute atomic E-state index is 12.8. The molecule has 0 aromatic heterocycles. The third-order valence-electron chi connectivity index (χ3n) is 6.38. The summed E-state index contributed by atoms with van der Waals surface area (Å²) >= 11 is 5.93. The molecule has 1 rings (SSSR count). The van der Waals surface area contributed by atoms with Gasteiger partial charge in [-0.25, -0.2) is 9.59 Å². The van der Waals surface area contributed by atoms with Crippen LogP contribution in [0.2, 0.25) is 0 Å². The molecule has 0 fully saturated rings. The molecule has 11 heteroatoms. The van der Waals surface area contributed by atoms with Crippen molar-refractivity contribution in [3.8, 4) is 0 Å². The molecule has 1 unspecified atom stereocenters. The Kier molecular flexibility index (Phi) is 17.6. The van der Waals surface area contributed by atoms with Gasteiger partial charge in [0.2, 0.25) is 11.8 Å². The summed E-state index contributed by atoms with van der Waals surface area (Å²) in [6, 6.07) is -0.827. The van der Waals surface area contributed by atoms with E-state index in [4.69, 9.17) is 25.8 Å². The lowest BCUT2D eigenvalue weighted by atomic mass is 9.97. The number of ether oxygens (including phenoxy) is 3. The van der Waals surface area contributed by atoms with Gasteiger partial charge in [-0.15, -0.1) is 0 Å². The Bertz CT molecular complexity index is 1160. The minimum absolute atomic E-state index is 0.0145. The molecule has 44 heavy (non-hydrogen) atoms. The molecule has 4 atom stereocenters. The molecule has 1 aliphatic rings. The molecule has 0 aromatic rings. The fourth-order valence-electron chi connectivity index (χ4n) is 4.06. The second kappa shape index (κ2) is 20.2. The summed E-state index contributed by atoms with van der Waals surface area (Å²) < 4.78 is 15.9. The van der Waals surface area contributed by atoms with Gasteiger partial charge in [-0.2, -0.15) is 0 Å². The van der Waals surface area contributed by atoms with Gasteiger partial charge in [0.25, 0.3) is 0 Å². The van der Waals surface area contributed by atoms with Crippen molar-refractivity contribution in [1.29, 1.82) is 0 Å². The number of carbonyl (C=O) groups is 4. The quantitative estimate of drug-likeness (QED) is 0.112. The number of hydrogen-bond acceptors (Lipinski definition) is 7. The van der Waals surface area contributed by atoms with E-state index in [2.05, 4.69) is 16.0 Å². The average molecular weight is 634 g/mol. The van der Waals surface area contributed by atoms with E-state index in [1.54, 1.807) is 37.3 Å². The Hall–Kier alpha value is -3.79. The van der Waals surface area contributed by atoms with Crippen molar-refractivity contribution >= 4 is 35.5 Å². The van der Waals surface area contributed by atoms with E-state index in [9.17, 15) is 19.2 Å². The number of alkyl carbamates (subject to hydrolysis) is 1. The van der Waals surface area contributed by atoms with E-state index in [0.717, 1.165) is 5.57 Å². The van der Waals surface area contributed by atoms with Crippen molar-refractivity contribution < 1.29 is 33.4 Å². The summed E-state index contributed by atoms with van der Waals surface area (Å²) in [5, 5.41) is 8.69. The van der Waals surface area contributed by atoms with Crippen molar-refractivity contribution in [1.82, 2.24) is 16.0 Å². The smallest absolute Gasteiger partial charge is 0.407 e. The lowest BCUT2D eigenvalue weighted by molar-refractivity contribution is -0.151. The van der Waals surface area contributed by atoms with Gasteiger partial charge in [0.05, 0.1) is 7.11 Å². The molecule has 10 nitrogen and oxygen atoms in total. The molecular weight excluding hydrogens is 586 g/mol. The van der Waals surface area contributed by atoms with Gasteiger partial charge in [-0.1, -0.05) is 74.4 Å². The summed E-state index contributed by atoms with van der Waals surface area (Å²) in [5.41, 5.74) is 0.938. The molecule has 0 bridgehead atoms. The summed E-state index contributed by atoms with van der Waals surface area (Å²) in [4.78, 5) is 49.2. The van der Waals surface area contributed by atoms with Gasteiger partial charge in [-0.05, 0) is 45.9 Å². The number of cyclic esters (lactones) is 1. The minimum Gasteiger partial charge on any atom is -0.490 e. The number of amides is 3. The summed E-state index contributed by atoms with van der Waals surface area (Å²) in [6.07, 6.45) is 15.2. The molecule has 1 heterocycles. The van der Waals surface area contributed by atoms with Gasteiger partial charge >= 0.3 is 12.1 Å². The molecule has 244 valence electrons. The molecule has 0 aromatic carbocycles. The van der Waals surface area contributed by atoms with Gasteiger partial charge in [0.15, 0.2) is 5.76 Å². The van der Waals surface area contributed by atoms with Crippen molar-refractivity contribution in [2.45, 2.75) is 92.0 Å². The van der Waals surface area contributed by atoms with Crippen LogP contribution in [0.4, 0.5) is 4.79 Å². The number of methoxy groups -OCH3 is 1. The third-order valence-corrected chi connectivity index (χ3v) is 6.53. The standard InChI is InChI=1S/C33H48ClN3O7/c1-21(2)30(31(39)35-19-11-13-26(16-15-25(7)34)43-33(41)36-22(3)4)37-29(38)14-10-9-12-23(5)20-24(6)27-17-18-28(42-8)32(40)44-27/h9-12,14-15,18-22,24,26-27,30H,13,16-17H2,1-8H3,(H,35,39)(H,36,41)(H,37,38)/b12-9-,14-10-,19-11-,23-20+,25-15+/t24-,26?,27-,30-/m0/s1. The van der Waals surface area contributed by atoms with E-state index in [-0.39, 0.29) is 35.6 Å². The SMILES string of the molecule is COC1=CC[C@@H]([C@@H](C)/C=C(C)/C=C\C=C/C(=O)N[C@H](C(=O)N/C=C\CC(C/C=C(\C)Cl)OC(=O)NC(C)C)C(C)C)OC1=O. The van der Waals surface area contributed by atoms with Crippen molar-refractivity contribution in [2.24, 2.45) is 11.8 Å². The molecule has 0 spiro atoms. The van der Waals surface area contributed by atoms with Crippen LogP contribution in [0.25, 0.3) is 0 Å². The van der Waals surface area contributed by atoms with Crippen LogP contribution in [-0.4, -0.2) is 55.3 Å². The topological polar surface area (TPSA) is 132 Å². The Labute approximate surface area is 266 Å². The highest BCUT2D eigenvalue weighted by Crippen LogP contribution is 2.22. The first-order valence-corrected chi connectivity index (χ1v) is 15.1. The van der Waals surface area contributed by atoms with E-state index in [1.165, 1.54) is 19.4 Å². The fraction of sp³-hybridized carbons (Fsp3) is 0.515. The Morgan fingerprint density at radius 1 is 1.07 bits per heavy atom. The predicted molar refractivity (Wildman–Crippen MR) is 172 cm³/mol. The van der Waals surface area contributed by atoms with Gasteiger partial charge < -0.3 is 30.2 Å². The number of nitrogens with one attached hydrogen (secondary N) is 3. The molecule has 3 amide bonds. The van der Waals surface area contributed by atoms with Crippen molar-refractivity contribution in [2.75, 3.05) is 7.11 Å². The highest BCUT2D eigenvalue weighted by molar-refractivity contribution is 6.29. The summed E-state index contributed by atoms with van der Waals surface area (Å²) in [7, 11) is 1.44. The zero-order valence-corrected chi connectivity index (χ0v) is 27.8. The Balaban J connectivity index is 2.66. The van der Waals surface area contributed by atoms with Crippen LogP contribution in [0.5, 0.6) is 0 Å². The van der Waals surface area contributed by atoms with E-state index in [1.807, 2.05) is 53.7 Å². The van der Waals surface area contributed by atoms with Crippen molar-refractivity contribution in [3.05, 3.63) is 71.2 Å². The van der Waals surface area contributed by atoms with Gasteiger partial charge in [0, 0.05) is 42.3 Å². The number of esters is 1. The average Bonchev–Trinajstić information content (AvgIpc) is 2.93. The molecule has 1 aliphatic heterocycles. The van der Waals surface area contributed by atoms with Crippen LogP contribution in [-0.2, 0) is 28.6 Å². The molecule has 3 N–H and O–H groups in total. The lowest BCUT2D eigenvalue weighted by Gasteiger charge is -2.25. The zero-order valence-electron chi connectivity index (χ0n) is 27.0. The fourth-order valence-corrected chi connectivity index (χ4v) is 4.15. The lowest BCUT2D eigenvalue weighted by Crippen LogP contribution is -2.48. The maximum atomic E-state index is 12.8. The summed E-state index contributed by atoms with van der Waals surface area (Å²) in [6.45, 7) is 13.0. The maximum Gasteiger partial charge on any atom is 0.407 e. The van der Waals surface area contributed by atoms with Crippen LogP contribution in [0.3, 0.4) is 0 Å². The zero-order chi connectivity index (χ0) is 33.2. The van der Waals surface area contributed by atoms with Crippen LogP contribution in [0.1, 0.15) is 67.7 Å². The number of halogens is 1. The molecule has 0 saturated heterocycles. The summed E-state index contributed by atoms with van der Waals surface area (Å²) in [5.74, 6) is -1.21. The number of carbonyl (C=O) groups excluding carboxylic acids is 4. The highest BCUT2D eigenvalue weighted by Gasteiger charge is 2.27. The predicted octanol–water partition coefficient (Wildman–Crippen LogP) is 5.72. The normalized spacial score (nSPS) is 18.3. The van der Waals surface area contributed by atoms with E-state index < -0.39 is 30.1 Å². The van der Waals surface area contributed by atoms with E-state index >= 15 is 0 Å². The Morgan fingerprint density at radius 2 is 1.75 bits per heavy atom. The highest BCUT2D eigenvalue weighted by atomic mass is 35.5. The molecule has 0 saturated carbocycles. The van der Waals surface area contributed by atoms with Crippen molar-refractivity contribution in [3.63, 3.8) is 0 Å². The number of hydrogen-bond donors (Lipinski definition) is 3.